The van der Waals surface area contributed by atoms with E-state index in [1.54, 1.807) is 18.2 Å². The molecule has 1 rings (SSSR count). The van der Waals surface area contributed by atoms with E-state index in [1.807, 2.05) is 28.8 Å². The summed E-state index contributed by atoms with van der Waals surface area (Å²) in [6.45, 7) is 0. The van der Waals surface area contributed by atoms with Gasteiger partial charge in [-0.15, -0.1) is 0 Å². The topological polar surface area (TPSA) is 78.4 Å². The summed E-state index contributed by atoms with van der Waals surface area (Å²) in [7, 11) is 0. The molecule has 110 valence electrons. The van der Waals surface area contributed by atoms with Crippen LogP contribution in [0.2, 0.25) is 5.02 Å². The zero-order valence-corrected chi connectivity index (χ0v) is 14.4. The van der Waals surface area contributed by atoms with Crippen LogP contribution in [0, 0.1) is 3.57 Å². The van der Waals surface area contributed by atoms with Crippen molar-refractivity contribution in [2.75, 3.05) is 17.3 Å². The van der Waals surface area contributed by atoms with Gasteiger partial charge in [0.1, 0.15) is 6.04 Å². The van der Waals surface area contributed by atoms with Gasteiger partial charge in [-0.1, -0.05) is 11.6 Å². The van der Waals surface area contributed by atoms with Crippen molar-refractivity contribution < 1.29 is 14.7 Å². The van der Waals surface area contributed by atoms with Crippen LogP contribution in [0.4, 0.5) is 10.5 Å². The average molecular weight is 429 g/mol. The predicted octanol–water partition coefficient (Wildman–Crippen LogP) is 3.27. The summed E-state index contributed by atoms with van der Waals surface area (Å²) in [4.78, 5) is 22.8. The molecule has 0 aromatic heterocycles. The number of hydrogen-bond acceptors (Lipinski definition) is 3. The van der Waals surface area contributed by atoms with Crippen LogP contribution < -0.4 is 10.6 Å². The zero-order valence-electron chi connectivity index (χ0n) is 10.7. The van der Waals surface area contributed by atoms with Gasteiger partial charge >= 0.3 is 12.0 Å². The van der Waals surface area contributed by atoms with Crippen molar-refractivity contribution in [3.05, 3.63) is 26.8 Å². The maximum absolute atomic E-state index is 11.8. The first-order valence-corrected chi connectivity index (χ1v) is 8.53. The third-order valence-corrected chi connectivity index (χ3v) is 4.16. The van der Waals surface area contributed by atoms with Crippen LogP contribution >= 0.6 is 46.0 Å². The van der Waals surface area contributed by atoms with Crippen LogP contribution in [0.3, 0.4) is 0 Å². The Morgan fingerprint density at radius 2 is 2.20 bits per heavy atom. The molecule has 1 aromatic rings. The van der Waals surface area contributed by atoms with Crippen molar-refractivity contribution in [3.8, 4) is 0 Å². The maximum atomic E-state index is 11.8. The highest BCUT2D eigenvalue weighted by Crippen LogP contribution is 2.22. The van der Waals surface area contributed by atoms with E-state index in [0.717, 1.165) is 3.57 Å². The van der Waals surface area contributed by atoms with Crippen molar-refractivity contribution in [2.24, 2.45) is 0 Å². The number of benzene rings is 1. The van der Waals surface area contributed by atoms with Gasteiger partial charge < -0.3 is 15.7 Å². The molecule has 8 heteroatoms. The van der Waals surface area contributed by atoms with E-state index in [2.05, 4.69) is 10.6 Å². The Balaban J connectivity index is 2.63. The highest BCUT2D eigenvalue weighted by atomic mass is 127. The second-order valence-electron chi connectivity index (χ2n) is 3.89. The summed E-state index contributed by atoms with van der Waals surface area (Å²) in [6.07, 6.45) is 2.26. The molecule has 0 aliphatic carbocycles. The third kappa shape index (κ3) is 5.76. The number of halogens is 2. The Morgan fingerprint density at radius 3 is 2.75 bits per heavy atom. The highest BCUT2D eigenvalue weighted by molar-refractivity contribution is 14.1. The van der Waals surface area contributed by atoms with Crippen LogP contribution in [0.1, 0.15) is 6.42 Å². The standard InChI is InChI=1S/C12H14ClIN2O3S/c1-20-5-4-10(11(17)18)16-12(19)15-9-3-2-7(13)6-8(9)14/h2-3,6,10H,4-5H2,1H3,(H,17,18)(H2,15,16,19). The van der Waals surface area contributed by atoms with Gasteiger partial charge in [0, 0.05) is 8.59 Å². The van der Waals surface area contributed by atoms with Crippen LogP contribution in [0.25, 0.3) is 0 Å². The smallest absolute Gasteiger partial charge is 0.326 e. The van der Waals surface area contributed by atoms with E-state index >= 15 is 0 Å². The van der Waals surface area contributed by atoms with Gasteiger partial charge in [-0.3, -0.25) is 0 Å². The van der Waals surface area contributed by atoms with Gasteiger partial charge in [0.15, 0.2) is 0 Å². The largest absolute Gasteiger partial charge is 0.480 e. The van der Waals surface area contributed by atoms with Gasteiger partial charge in [0.25, 0.3) is 0 Å². The van der Waals surface area contributed by atoms with Crippen LogP contribution in [0.5, 0.6) is 0 Å². The minimum absolute atomic E-state index is 0.377. The summed E-state index contributed by atoms with van der Waals surface area (Å²) in [6, 6.07) is 3.59. The molecule has 0 aliphatic heterocycles. The number of aliphatic carboxylic acids is 1. The minimum atomic E-state index is -1.04. The molecule has 2 amide bonds. The molecule has 0 aliphatic rings. The molecule has 0 radical (unpaired) electrons. The predicted molar refractivity (Wildman–Crippen MR) is 90.7 cm³/mol. The van der Waals surface area contributed by atoms with Crippen LogP contribution in [0.15, 0.2) is 18.2 Å². The second kappa shape index (κ2) is 8.58. The van der Waals surface area contributed by atoms with Gasteiger partial charge in [-0.2, -0.15) is 11.8 Å². The Kier molecular flexibility index (Phi) is 7.46. The van der Waals surface area contributed by atoms with E-state index in [9.17, 15) is 9.59 Å². The molecule has 1 aromatic carbocycles. The van der Waals surface area contributed by atoms with E-state index in [0.29, 0.717) is 22.9 Å². The van der Waals surface area contributed by atoms with Gasteiger partial charge in [-0.05, 0) is 59.2 Å². The number of nitrogens with one attached hydrogen (secondary N) is 2. The summed E-state index contributed by atoms with van der Waals surface area (Å²) < 4.78 is 0.779. The van der Waals surface area contributed by atoms with E-state index in [-0.39, 0.29) is 0 Å². The fraction of sp³-hybridized carbons (Fsp3) is 0.333. The first-order valence-electron chi connectivity index (χ1n) is 5.68. The van der Waals surface area contributed by atoms with E-state index in [1.165, 1.54) is 11.8 Å². The SMILES string of the molecule is CSCCC(NC(=O)Nc1ccc(Cl)cc1I)C(=O)O. The Hall–Kier alpha value is -0.670. The molecule has 20 heavy (non-hydrogen) atoms. The molecule has 3 N–H and O–H groups in total. The molecule has 1 unspecified atom stereocenters. The number of hydrogen-bond donors (Lipinski definition) is 3. The number of urea groups is 1. The fourth-order valence-corrected chi connectivity index (χ4v) is 2.88. The molecule has 1 atom stereocenters. The molecule has 0 spiro atoms. The Labute approximate surface area is 140 Å². The van der Waals surface area contributed by atoms with Gasteiger partial charge in [0.2, 0.25) is 0 Å². The lowest BCUT2D eigenvalue weighted by Gasteiger charge is -2.15. The van der Waals surface area contributed by atoms with E-state index < -0.39 is 18.0 Å². The average Bonchev–Trinajstić information content (AvgIpc) is 2.37. The molecular formula is C12H14ClIN2O3S. The normalized spacial score (nSPS) is 11.8. The molecule has 0 bridgehead atoms. The zero-order chi connectivity index (χ0) is 15.1. The number of carbonyl (C=O) groups excluding carboxylic acids is 1. The first kappa shape index (κ1) is 17.4. The fourth-order valence-electron chi connectivity index (χ4n) is 1.40. The van der Waals surface area contributed by atoms with Crippen LogP contribution in [-0.2, 0) is 4.79 Å². The summed E-state index contributed by atoms with van der Waals surface area (Å²) in [5, 5.41) is 14.7. The second-order valence-corrected chi connectivity index (χ2v) is 6.48. The molecule has 0 saturated heterocycles. The first-order chi connectivity index (χ1) is 9.43. The van der Waals surface area contributed by atoms with Crippen molar-refractivity contribution in [2.45, 2.75) is 12.5 Å². The number of thioether (sulfide) groups is 1. The van der Waals surface area contributed by atoms with Gasteiger partial charge in [0.05, 0.1) is 5.69 Å². The number of carboxylic acid groups (broad SMARTS) is 1. The lowest BCUT2D eigenvalue weighted by Crippen LogP contribution is -2.43. The monoisotopic (exact) mass is 428 g/mol. The Bertz CT molecular complexity index is 502. The summed E-state index contributed by atoms with van der Waals surface area (Å²) >= 11 is 9.40. The number of carboxylic acids is 1. The molecule has 0 heterocycles. The van der Waals surface area contributed by atoms with Crippen molar-refractivity contribution in [3.63, 3.8) is 0 Å². The highest BCUT2D eigenvalue weighted by Gasteiger charge is 2.19. The number of amides is 2. The number of rotatable bonds is 6. The van der Waals surface area contributed by atoms with Gasteiger partial charge in [-0.25, -0.2) is 9.59 Å². The lowest BCUT2D eigenvalue weighted by atomic mass is 10.2. The lowest BCUT2D eigenvalue weighted by molar-refractivity contribution is -0.139. The molecule has 0 fully saturated rings. The maximum Gasteiger partial charge on any atom is 0.326 e. The quantitative estimate of drug-likeness (QED) is 0.608. The van der Waals surface area contributed by atoms with Crippen molar-refractivity contribution >= 4 is 63.6 Å². The molecule has 5 nitrogen and oxygen atoms in total. The Morgan fingerprint density at radius 1 is 1.50 bits per heavy atom. The third-order valence-electron chi connectivity index (χ3n) is 2.39. The minimum Gasteiger partial charge on any atom is -0.480 e. The van der Waals surface area contributed by atoms with E-state index in [4.69, 9.17) is 16.7 Å². The van der Waals surface area contributed by atoms with Crippen LogP contribution in [-0.4, -0.2) is 35.2 Å². The molecular weight excluding hydrogens is 415 g/mol. The number of carbonyl (C=O) groups is 2. The molecule has 0 saturated carbocycles. The summed E-state index contributed by atoms with van der Waals surface area (Å²) in [5.41, 5.74) is 0.585. The summed E-state index contributed by atoms with van der Waals surface area (Å²) in [5.74, 6) is -0.379. The van der Waals surface area contributed by atoms with Crippen molar-refractivity contribution in [1.82, 2.24) is 5.32 Å². The van der Waals surface area contributed by atoms with Crippen molar-refractivity contribution in [1.29, 1.82) is 0 Å². The number of anilines is 1.